The van der Waals surface area contributed by atoms with E-state index in [1.807, 2.05) is 13.8 Å². The molecule has 1 atom stereocenters. The Labute approximate surface area is 73.5 Å². The van der Waals surface area contributed by atoms with Crippen molar-refractivity contribution < 1.29 is 9.53 Å². The van der Waals surface area contributed by atoms with Crippen molar-refractivity contribution in [2.24, 2.45) is 11.3 Å². The predicted octanol–water partition coefficient (Wildman–Crippen LogP) is 0.795. The molecule has 70 valence electrons. The molecule has 0 bridgehead atoms. The van der Waals surface area contributed by atoms with Crippen LogP contribution in [-0.2, 0) is 9.53 Å². The molecule has 1 heterocycles. The van der Waals surface area contributed by atoms with E-state index in [0.29, 0.717) is 5.92 Å². The summed E-state index contributed by atoms with van der Waals surface area (Å²) in [6, 6.07) is 0. The van der Waals surface area contributed by atoms with Gasteiger partial charge >= 0.3 is 5.97 Å². The summed E-state index contributed by atoms with van der Waals surface area (Å²) in [6.07, 6.45) is 1.07. The lowest BCUT2D eigenvalue weighted by atomic mass is 9.78. The standard InChI is InChI=1S/C9H17NO2/c1-9(2,8(11)12-3)7-4-5-10-6-7/h7,10H,4-6H2,1-3H3. The topological polar surface area (TPSA) is 38.3 Å². The summed E-state index contributed by atoms with van der Waals surface area (Å²) in [4.78, 5) is 11.4. The van der Waals surface area contributed by atoms with Gasteiger partial charge in [0.25, 0.3) is 0 Å². The van der Waals surface area contributed by atoms with E-state index in [9.17, 15) is 4.79 Å². The van der Waals surface area contributed by atoms with Crippen LogP contribution in [-0.4, -0.2) is 26.2 Å². The van der Waals surface area contributed by atoms with Crippen LogP contribution in [0.3, 0.4) is 0 Å². The molecule has 0 radical (unpaired) electrons. The number of carbonyl (C=O) groups excluding carboxylic acids is 1. The van der Waals surface area contributed by atoms with Crippen LogP contribution in [0.25, 0.3) is 0 Å². The van der Waals surface area contributed by atoms with E-state index in [0.717, 1.165) is 19.5 Å². The van der Waals surface area contributed by atoms with E-state index in [4.69, 9.17) is 4.74 Å². The first-order valence-electron chi connectivity index (χ1n) is 4.38. The Balaban J connectivity index is 2.62. The number of ether oxygens (including phenoxy) is 1. The quantitative estimate of drug-likeness (QED) is 0.624. The van der Waals surface area contributed by atoms with Gasteiger partial charge in [-0.1, -0.05) is 0 Å². The van der Waals surface area contributed by atoms with E-state index < -0.39 is 0 Å². The molecular weight excluding hydrogens is 154 g/mol. The molecule has 1 unspecified atom stereocenters. The summed E-state index contributed by atoms with van der Waals surface area (Å²) in [5.74, 6) is 0.321. The Morgan fingerprint density at radius 1 is 1.58 bits per heavy atom. The molecule has 3 heteroatoms. The van der Waals surface area contributed by atoms with Crippen molar-refractivity contribution in [2.45, 2.75) is 20.3 Å². The zero-order valence-electron chi connectivity index (χ0n) is 8.02. The van der Waals surface area contributed by atoms with Crippen LogP contribution in [0.4, 0.5) is 0 Å². The van der Waals surface area contributed by atoms with Gasteiger partial charge in [-0.25, -0.2) is 0 Å². The average Bonchev–Trinajstić information content (AvgIpc) is 2.55. The number of hydrogen-bond acceptors (Lipinski definition) is 3. The maximum Gasteiger partial charge on any atom is 0.311 e. The lowest BCUT2D eigenvalue weighted by molar-refractivity contribution is -0.153. The van der Waals surface area contributed by atoms with Gasteiger partial charge in [-0.05, 0) is 39.3 Å². The zero-order valence-corrected chi connectivity index (χ0v) is 8.02. The van der Waals surface area contributed by atoms with E-state index >= 15 is 0 Å². The molecule has 1 fully saturated rings. The highest BCUT2D eigenvalue weighted by Crippen LogP contribution is 2.32. The second kappa shape index (κ2) is 3.44. The monoisotopic (exact) mass is 171 g/mol. The number of carbonyl (C=O) groups is 1. The van der Waals surface area contributed by atoms with Crippen molar-refractivity contribution in [1.29, 1.82) is 0 Å². The summed E-state index contributed by atoms with van der Waals surface area (Å²) < 4.78 is 4.76. The number of hydrogen-bond donors (Lipinski definition) is 1. The smallest absolute Gasteiger partial charge is 0.311 e. The molecule has 1 aliphatic rings. The molecule has 1 saturated heterocycles. The third-order valence-corrected chi connectivity index (χ3v) is 2.79. The largest absolute Gasteiger partial charge is 0.469 e. The fourth-order valence-electron chi connectivity index (χ4n) is 1.70. The highest BCUT2D eigenvalue weighted by Gasteiger charge is 2.38. The fourth-order valence-corrected chi connectivity index (χ4v) is 1.70. The maximum atomic E-state index is 11.4. The lowest BCUT2D eigenvalue weighted by Gasteiger charge is -2.27. The summed E-state index contributed by atoms with van der Waals surface area (Å²) in [5, 5.41) is 3.25. The van der Waals surface area contributed by atoms with Gasteiger partial charge in [0.15, 0.2) is 0 Å². The van der Waals surface area contributed by atoms with Crippen molar-refractivity contribution in [3.05, 3.63) is 0 Å². The molecule has 1 N–H and O–H groups in total. The average molecular weight is 171 g/mol. The molecule has 12 heavy (non-hydrogen) atoms. The molecule has 1 aliphatic heterocycles. The molecule has 1 rings (SSSR count). The third kappa shape index (κ3) is 1.61. The fraction of sp³-hybridized carbons (Fsp3) is 0.889. The Hall–Kier alpha value is -0.570. The third-order valence-electron chi connectivity index (χ3n) is 2.79. The van der Waals surface area contributed by atoms with Crippen LogP contribution >= 0.6 is 0 Å². The highest BCUT2D eigenvalue weighted by atomic mass is 16.5. The first kappa shape index (κ1) is 9.52. The minimum atomic E-state index is -0.335. The summed E-state index contributed by atoms with van der Waals surface area (Å²) in [5.41, 5.74) is -0.335. The molecule has 0 aromatic rings. The van der Waals surface area contributed by atoms with Crippen LogP contribution < -0.4 is 5.32 Å². The first-order chi connectivity index (χ1) is 5.59. The Kier molecular flexibility index (Phi) is 2.73. The minimum Gasteiger partial charge on any atom is -0.469 e. The zero-order chi connectivity index (χ0) is 9.19. The maximum absolute atomic E-state index is 11.4. The van der Waals surface area contributed by atoms with Crippen molar-refractivity contribution in [3.63, 3.8) is 0 Å². The predicted molar refractivity (Wildman–Crippen MR) is 46.8 cm³/mol. The second-order valence-corrected chi connectivity index (χ2v) is 3.90. The molecule has 0 saturated carbocycles. The number of rotatable bonds is 2. The summed E-state index contributed by atoms with van der Waals surface area (Å²) in [6.45, 7) is 5.86. The van der Waals surface area contributed by atoms with Crippen molar-refractivity contribution in [3.8, 4) is 0 Å². The van der Waals surface area contributed by atoms with Gasteiger partial charge in [0.2, 0.25) is 0 Å². The molecule has 0 aromatic carbocycles. The highest BCUT2D eigenvalue weighted by molar-refractivity contribution is 5.76. The Morgan fingerprint density at radius 2 is 2.25 bits per heavy atom. The summed E-state index contributed by atoms with van der Waals surface area (Å²) >= 11 is 0. The van der Waals surface area contributed by atoms with Gasteiger partial charge in [-0.15, -0.1) is 0 Å². The van der Waals surface area contributed by atoms with Crippen LogP contribution in [0, 0.1) is 11.3 Å². The van der Waals surface area contributed by atoms with Gasteiger partial charge in [0, 0.05) is 0 Å². The molecule has 0 aliphatic carbocycles. The van der Waals surface area contributed by atoms with E-state index in [-0.39, 0.29) is 11.4 Å². The number of nitrogens with one attached hydrogen (secondary N) is 1. The van der Waals surface area contributed by atoms with Crippen molar-refractivity contribution in [1.82, 2.24) is 5.32 Å². The number of esters is 1. The Morgan fingerprint density at radius 3 is 2.67 bits per heavy atom. The molecule has 3 nitrogen and oxygen atoms in total. The van der Waals surface area contributed by atoms with Gasteiger partial charge in [-0.2, -0.15) is 0 Å². The van der Waals surface area contributed by atoms with E-state index in [1.54, 1.807) is 0 Å². The van der Waals surface area contributed by atoms with Crippen LogP contribution in [0.15, 0.2) is 0 Å². The molecular formula is C9H17NO2. The Bertz CT molecular complexity index is 171. The van der Waals surface area contributed by atoms with Gasteiger partial charge in [0.1, 0.15) is 0 Å². The molecule has 0 amide bonds. The van der Waals surface area contributed by atoms with Crippen LogP contribution in [0.1, 0.15) is 20.3 Å². The van der Waals surface area contributed by atoms with Crippen LogP contribution in [0.2, 0.25) is 0 Å². The van der Waals surface area contributed by atoms with Gasteiger partial charge in [-0.3, -0.25) is 4.79 Å². The van der Waals surface area contributed by atoms with Gasteiger partial charge < -0.3 is 10.1 Å². The second-order valence-electron chi connectivity index (χ2n) is 3.90. The first-order valence-corrected chi connectivity index (χ1v) is 4.38. The normalized spacial score (nSPS) is 24.1. The lowest BCUT2D eigenvalue weighted by Crippen LogP contribution is -2.35. The van der Waals surface area contributed by atoms with E-state index in [1.165, 1.54) is 7.11 Å². The molecule has 0 spiro atoms. The minimum absolute atomic E-state index is 0.101. The van der Waals surface area contributed by atoms with Crippen molar-refractivity contribution in [2.75, 3.05) is 20.2 Å². The van der Waals surface area contributed by atoms with Crippen molar-refractivity contribution >= 4 is 5.97 Å². The van der Waals surface area contributed by atoms with Crippen LogP contribution in [0.5, 0.6) is 0 Å². The van der Waals surface area contributed by atoms with E-state index in [2.05, 4.69) is 5.32 Å². The SMILES string of the molecule is COC(=O)C(C)(C)C1CCNC1. The summed E-state index contributed by atoms with van der Waals surface area (Å²) in [7, 11) is 1.45. The molecule has 0 aromatic heterocycles. The van der Waals surface area contributed by atoms with Gasteiger partial charge in [0.05, 0.1) is 12.5 Å². The number of methoxy groups -OCH3 is 1.